The molecule has 202 valence electrons. The first-order chi connectivity index (χ1) is 18.7. The molecule has 10 heteroatoms. The lowest BCUT2D eigenvalue weighted by Gasteiger charge is -2.19. The van der Waals surface area contributed by atoms with E-state index in [-0.39, 0.29) is 0 Å². The molecule has 0 spiro atoms. The molecule has 0 aliphatic rings. The minimum atomic E-state index is -1.25. The second-order valence-corrected chi connectivity index (χ2v) is 9.52. The number of carbonyl (C=O) groups excluding carboxylic acids is 2. The van der Waals surface area contributed by atoms with Crippen molar-refractivity contribution in [2.24, 2.45) is 0 Å². The molecule has 4 rings (SSSR count). The largest absolute Gasteiger partial charge is 0.481 e. The smallest absolute Gasteiger partial charge is 0.305 e. The van der Waals surface area contributed by atoms with Crippen LogP contribution in [0.4, 0.5) is 11.5 Å². The summed E-state index contributed by atoms with van der Waals surface area (Å²) in [5.74, 6) is -1.50. The number of hydrogen-bond donors (Lipinski definition) is 4. The molecule has 0 radical (unpaired) electrons. The molecule has 2 amide bonds. The maximum atomic E-state index is 13.0. The topological polar surface area (TPSA) is 138 Å². The summed E-state index contributed by atoms with van der Waals surface area (Å²) >= 11 is 0. The van der Waals surface area contributed by atoms with E-state index in [1.807, 2.05) is 55.8 Å². The van der Waals surface area contributed by atoms with Gasteiger partial charge in [-0.1, -0.05) is 23.8 Å². The van der Waals surface area contributed by atoms with Crippen LogP contribution in [0.2, 0.25) is 0 Å². The number of carboxylic acid groups (broad SMARTS) is 1. The van der Waals surface area contributed by atoms with E-state index in [4.69, 9.17) is 0 Å². The van der Waals surface area contributed by atoms with Gasteiger partial charge in [-0.2, -0.15) is 5.10 Å². The number of anilines is 2. The van der Waals surface area contributed by atoms with Crippen LogP contribution in [0.15, 0.2) is 60.9 Å². The van der Waals surface area contributed by atoms with Crippen LogP contribution in [-0.2, 0) is 16.1 Å². The fourth-order valence-corrected chi connectivity index (χ4v) is 4.53. The molecule has 4 aromatic rings. The van der Waals surface area contributed by atoms with Crippen molar-refractivity contribution in [2.75, 3.05) is 17.2 Å². The van der Waals surface area contributed by atoms with Gasteiger partial charge < -0.3 is 21.1 Å². The predicted molar refractivity (Wildman–Crippen MR) is 150 cm³/mol. The lowest BCUT2D eigenvalue weighted by molar-refractivity contribution is -0.139. The third kappa shape index (κ3) is 6.98. The van der Waals surface area contributed by atoms with E-state index in [9.17, 15) is 19.5 Å². The van der Waals surface area contributed by atoms with E-state index in [2.05, 4.69) is 26.0 Å². The molecule has 0 saturated carbocycles. The highest BCUT2D eigenvalue weighted by molar-refractivity contribution is 6.04. The average molecular weight is 529 g/mol. The van der Waals surface area contributed by atoms with E-state index in [1.165, 1.54) is 0 Å². The Kier molecular flexibility index (Phi) is 8.55. The number of aliphatic carboxylic acids is 1. The Morgan fingerprint density at radius 3 is 2.49 bits per heavy atom. The summed E-state index contributed by atoms with van der Waals surface area (Å²) in [4.78, 5) is 41.8. The van der Waals surface area contributed by atoms with E-state index in [0.717, 1.165) is 46.4 Å². The number of carboxylic acids is 1. The molecular weight excluding hydrogens is 496 g/mol. The fraction of sp³-hybridized carbons (Fsp3) is 0.276. The maximum Gasteiger partial charge on any atom is 0.305 e. The summed E-state index contributed by atoms with van der Waals surface area (Å²) in [5.41, 5.74) is 4.56. The minimum Gasteiger partial charge on any atom is -0.481 e. The molecule has 0 bridgehead atoms. The number of nitrogens with one attached hydrogen (secondary N) is 3. The molecule has 2 aromatic carbocycles. The van der Waals surface area contributed by atoms with Crippen molar-refractivity contribution in [2.45, 2.75) is 46.2 Å². The van der Waals surface area contributed by atoms with Crippen LogP contribution in [0.25, 0.3) is 10.9 Å². The van der Waals surface area contributed by atoms with Gasteiger partial charge in [-0.05, 0) is 68.7 Å². The zero-order valence-electron chi connectivity index (χ0n) is 22.2. The number of amides is 2. The van der Waals surface area contributed by atoms with E-state index < -0.39 is 30.2 Å². The highest BCUT2D eigenvalue weighted by atomic mass is 16.4. The first kappa shape index (κ1) is 27.3. The van der Waals surface area contributed by atoms with Crippen molar-refractivity contribution >= 4 is 40.2 Å². The maximum absolute atomic E-state index is 13.0. The number of aryl methyl sites for hydroxylation is 4. The standard InChI is InChI=1S/C29H32N6O4/c1-18-13-19(2)27(20(3)14-18)34-29(39)23(16-26(36)37)33-28(38)21-8-9-24-22(15-21)17-32-35(24)12-6-11-31-25-7-4-5-10-30-25/h4-5,7-10,13-15,17,23H,6,11-12,16H2,1-3H3,(H,30,31)(H,33,38)(H,34,39)(H,36,37)/t23-/m0/s1. The highest BCUT2D eigenvalue weighted by Gasteiger charge is 2.25. The molecule has 4 N–H and O–H groups in total. The Morgan fingerprint density at radius 1 is 1.03 bits per heavy atom. The van der Waals surface area contributed by atoms with Crippen LogP contribution in [0.1, 0.15) is 39.9 Å². The third-order valence-corrected chi connectivity index (χ3v) is 6.35. The number of pyridine rings is 1. The highest BCUT2D eigenvalue weighted by Crippen LogP contribution is 2.22. The normalized spacial score (nSPS) is 11.7. The van der Waals surface area contributed by atoms with Gasteiger partial charge in [0.05, 0.1) is 18.1 Å². The number of fused-ring (bicyclic) bond motifs is 1. The van der Waals surface area contributed by atoms with Crippen molar-refractivity contribution in [3.8, 4) is 0 Å². The summed E-state index contributed by atoms with van der Waals surface area (Å²) in [7, 11) is 0. The lowest BCUT2D eigenvalue weighted by atomic mass is 10.0. The molecule has 2 heterocycles. The number of carbonyl (C=O) groups is 3. The van der Waals surface area contributed by atoms with Crippen molar-refractivity contribution in [1.29, 1.82) is 0 Å². The van der Waals surface area contributed by atoms with Gasteiger partial charge >= 0.3 is 5.97 Å². The monoisotopic (exact) mass is 528 g/mol. The molecule has 39 heavy (non-hydrogen) atoms. The quantitative estimate of drug-likeness (QED) is 0.215. The molecular formula is C29H32N6O4. The number of rotatable bonds is 11. The van der Waals surface area contributed by atoms with Gasteiger partial charge in [-0.25, -0.2) is 4.98 Å². The van der Waals surface area contributed by atoms with Crippen LogP contribution >= 0.6 is 0 Å². The van der Waals surface area contributed by atoms with Crippen molar-refractivity contribution in [3.05, 3.63) is 83.2 Å². The SMILES string of the molecule is Cc1cc(C)c(NC(=O)[C@H](CC(=O)O)NC(=O)c2ccc3c(cnn3CCCNc3ccccn3)c2)c(C)c1. The average Bonchev–Trinajstić information content (AvgIpc) is 3.30. The van der Waals surface area contributed by atoms with Gasteiger partial charge in [0.25, 0.3) is 5.91 Å². The first-order valence-electron chi connectivity index (χ1n) is 12.7. The lowest BCUT2D eigenvalue weighted by Crippen LogP contribution is -2.45. The van der Waals surface area contributed by atoms with E-state index in [0.29, 0.717) is 17.8 Å². The van der Waals surface area contributed by atoms with Gasteiger partial charge in [0, 0.05) is 35.9 Å². The second kappa shape index (κ2) is 12.2. The Bertz CT molecular complexity index is 1480. The third-order valence-electron chi connectivity index (χ3n) is 6.35. The van der Waals surface area contributed by atoms with Crippen LogP contribution in [0.5, 0.6) is 0 Å². The second-order valence-electron chi connectivity index (χ2n) is 9.52. The van der Waals surface area contributed by atoms with Crippen molar-refractivity contribution in [3.63, 3.8) is 0 Å². The molecule has 1 atom stereocenters. The van der Waals surface area contributed by atoms with Crippen LogP contribution < -0.4 is 16.0 Å². The van der Waals surface area contributed by atoms with Crippen LogP contribution in [-0.4, -0.2) is 50.2 Å². The summed E-state index contributed by atoms with van der Waals surface area (Å²) < 4.78 is 1.87. The summed E-state index contributed by atoms with van der Waals surface area (Å²) in [6.45, 7) is 7.10. The zero-order valence-corrected chi connectivity index (χ0v) is 22.2. The first-order valence-corrected chi connectivity index (χ1v) is 12.7. The Hall–Kier alpha value is -4.73. The Labute approximate surface area is 226 Å². The van der Waals surface area contributed by atoms with Crippen LogP contribution in [0, 0.1) is 20.8 Å². The summed E-state index contributed by atoms with van der Waals surface area (Å²) in [6, 6.07) is 13.4. The van der Waals surface area contributed by atoms with Gasteiger partial charge in [0.1, 0.15) is 11.9 Å². The minimum absolute atomic E-state index is 0.310. The zero-order chi connectivity index (χ0) is 27.9. The molecule has 0 unspecified atom stereocenters. The molecule has 0 aliphatic carbocycles. The van der Waals surface area contributed by atoms with Gasteiger partial charge in [-0.3, -0.25) is 19.1 Å². The number of nitrogens with zero attached hydrogens (tertiary/aromatic N) is 3. The van der Waals surface area contributed by atoms with Gasteiger partial charge in [-0.15, -0.1) is 0 Å². The summed E-state index contributed by atoms with van der Waals surface area (Å²) in [5, 5.41) is 23.2. The molecule has 10 nitrogen and oxygen atoms in total. The number of benzene rings is 2. The molecule has 0 saturated heterocycles. The number of hydrogen-bond acceptors (Lipinski definition) is 6. The Morgan fingerprint density at radius 2 is 1.79 bits per heavy atom. The summed E-state index contributed by atoms with van der Waals surface area (Å²) in [6.07, 6.45) is 3.69. The molecule has 0 aliphatic heterocycles. The predicted octanol–water partition coefficient (Wildman–Crippen LogP) is 4.07. The van der Waals surface area contributed by atoms with Gasteiger partial charge in [0.15, 0.2) is 0 Å². The van der Waals surface area contributed by atoms with Gasteiger partial charge in [0.2, 0.25) is 5.91 Å². The van der Waals surface area contributed by atoms with Crippen LogP contribution in [0.3, 0.4) is 0 Å². The van der Waals surface area contributed by atoms with Crippen molar-refractivity contribution < 1.29 is 19.5 Å². The van der Waals surface area contributed by atoms with Crippen molar-refractivity contribution in [1.82, 2.24) is 20.1 Å². The fourth-order valence-electron chi connectivity index (χ4n) is 4.53. The van der Waals surface area contributed by atoms with E-state index >= 15 is 0 Å². The Balaban J connectivity index is 1.41. The molecule has 2 aromatic heterocycles. The number of aromatic nitrogens is 3. The van der Waals surface area contributed by atoms with E-state index in [1.54, 1.807) is 30.6 Å². The molecule has 0 fully saturated rings.